The molecule has 2 aromatic rings. The lowest BCUT2D eigenvalue weighted by atomic mass is 10.0. The molecule has 0 saturated carbocycles. The van der Waals surface area contributed by atoms with Crippen molar-refractivity contribution in [3.05, 3.63) is 52.4 Å². The zero-order valence-corrected chi connectivity index (χ0v) is 13.4. The largest absolute Gasteiger partial charge is 0.496 e. The summed E-state index contributed by atoms with van der Waals surface area (Å²) in [5, 5.41) is 3.57. The highest BCUT2D eigenvalue weighted by molar-refractivity contribution is 9.10. The van der Waals surface area contributed by atoms with Gasteiger partial charge in [0.05, 0.1) is 17.8 Å². The fourth-order valence-electron chi connectivity index (χ4n) is 2.16. The van der Waals surface area contributed by atoms with Gasteiger partial charge in [-0.25, -0.2) is 0 Å². The number of ether oxygens (including phenoxy) is 1. The van der Waals surface area contributed by atoms with E-state index in [-0.39, 0.29) is 6.04 Å². The van der Waals surface area contributed by atoms with Crippen molar-refractivity contribution in [2.24, 2.45) is 0 Å². The van der Waals surface area contributed by atoms with Crippen LogP contribution in [0.3, 0.4) is 0 Å². The van der Waals surface area contributed by atoms with E-state index >= 15 is 0 Å². The van der Waals surface area contributed by atoms with E-state index in [0.29, 0.717) is 0 Å². The number of hydrogen-bond acceptors (Lipinski definition) is 3. The second kappa shape index (κ2) is 7.50. The summed E-state index contributed by atoms with van der Waals surface area (Å²) in [5.74, 6) is 1.84. The van der Waals surface area contributed by atoms with Crippen LogP contribution in [0.1, 0.15) is 30.7 Å². The lowest BCUT2D eigenvalue weighted by molar-refractivity contribution is 0.411. The minimum absolute atomic E-state index is 0.239. The SMILES string of the molecule is CCCNC(Cc1ccco1)c1ccc(OC)c(Br)c1. The predicted octanol–water partition coefficient (Wildman–Crippen LogP) is 4.33. The molecule has 0 bridgehead atoms. The van der Waals surface area contributed by atoms with Crippen molar-refractivity contribution in [3.63, 3.8) is 0 Å². The van der Waals surface area contributed by atoms with Gasteiger partial charge in [0.15, 0.2) is 0 Å². The van der Waals surface area contributed by atoms with Gasteiger partial charge in [-0.05, 0) is 58.7 Å². The number of nitrogens with one attached hydrogen (secondary N) is 1. The number of benzene rings is 1. The molecule has 1 unspecified atom stereocenters. The summed E-state index contributed by atoms with van der Waals surface area (Å²) in [6.45, 7) is 3.15. The maximum Gasteiger partial charge on any atom is 0.133 e. The molecule has 4 heteroatoms. The summed E-state index contributed by atoms with van der Waals surface area (Å²) >= 11 is 3.55. The van der Waals surface area contributed by atoms with Gasteiger partial charge in [0.2, 0.25) is 0 Å². The molecule has 0 fully saturated rings. The Bertz CT molecular complexity index is 525. The minimum Gasteiger partial charge on any atom is -0.496 e. The maximum atomic E-state index is 5.46. The summed E-state index contributed by atoms with van der Waals surface area (Å²) in [4.78, 5) is 0. The minimum atomic E-state index is 0.239. The van der Waals surface area contributed by atoms with Crippen LogP contribution < -0.4 is 10.1 Å². The van der Waals surface area contributed by atoms with Crippen LogP contribution in [0.25, 0.3) is 0 Å². The van der Waals surface area contributed by atoms with Gasteiger partial charge in [0.25, 0.3) is 0 Å². The van der Waals surface area contributed by atoms with Crippen molar-refractivity contribution in [3.8, 4) is 5.75 Å². The predicted molar refractivity (Wildman–Crippen MR) is 84.1 cm³/mol. The smallest absolute Gasteiger partial charge is 0.133 e. The van der Waals surface area contributed by atoms with Crippen LogP contribution in [-0.2, 0) is 6.42 Å². The molecule has 0 spiro atoms. The molecule has 0 aliphatic carbocycles. The second-order valence-electron chi connectivity index (χ2n) is 4.68. The van der Waals surface area contributed by atoms with E-state index in [1.54, 1.807) is 13.4 Å². The lowest BCUT2D eigenvalue weighted by Gasteiger charge is -2.19. The molecule has 3 nitrogen and oxygen atoms in total. The van der Waals surface area contributed by atoms with Gasteiger partial charge in [0, 0.05) is 12.5 Å². The van der Waals surface area contributed by atoms with Gasteiger partial charge in [-0.1, -0.05) is 13.0 Å². The van der Waals surface area contributed by atoms with E-state index in [0.717, 1.165) is 35.4 Å². The molecule has 0 aliphatic rings. The number of hydrogen-bond donors (Lipinski definition) is 1. The van der Waals surface area contributed by atoms with Crippen LogP contribution in [-0.4, -0.2) is 13.7 Å². The van der Waals surface area contributed by atoms with Gasteiger partial charge < -0.3 is 14.5 Å². The molecule has 0 aliphatic heterocycles. The monoisotopic (exact) mass is 337 g/mol. The van der Waals surface area contributed by atoms with E-state index < -0.39 is 0 Å². The molecule has 20 heavy (non-hydrogen) atoms. The highest BCUT2D eigenvalue weighted by Crippen LogP contribution is 2.29. The van der Waals surface area contributed by atoms with Crippen molar-refractivity contribution >= 4 is 15.9 Å². The van der Waals surface area contributed by atoms with Crippen molar-refractivity contribution in [1.29, 1.82) is 0 Å². The Balaban J connectivity index is 2.18. The van der Waals surface area contributed by atoms with Gasteiger partial charge in [-0.2, -0.15) is 0 Å². The standard InChI is InChI=1S/C16H20BrNO2/c1-3-8-18-15(11-13-5-4-9-20-13)12-6-7-16(19-2)14(17)10-12/h4-7,9-10,15,18H,3,8,11H2,1-2H3. The average molecular weight is 338 g/mol. The number of furan rings is 1. The van der Waals surface area contributed by atoms with Gasteiger partial charge in [-0.3, -0.25) is 0 Å². The van der Waals surface area contributed by atoms with Gasteiger partial charge in [-0.15, -0.1) is 0 Å². The summed E-state index contributed by atoms with van der Waals surface area (Å²) in [6.07, 6.45) is 3.66. The zero-order chi connectivity index (χ0) is 14.4. The van der Waals surface area contributed by atoms with E-state index in [2.05, 4.69) is 40.3 Å². The summed E-state index contributed by atoms with van der Waals surface area (Å²) in [6, 6.07) is 10.4. The highest BCUT2D eigenvalue weighted by Gasteiger charge is 2.14. The topological polar surface area (TPSA) is 34.4 Å². The van der Waals surface area contributed by atoms with Crippen molar-refractivity contribution in [1.82, 2.24) is 5.32 Å². The normalized spacial score (nSPS) is 12.3. The molecule has 0 amide bonds. The van der Waals surface area contributed by atoms with Crippen LogP contribution in [0.2, 0.25) is 0 Å². The van der Waals surface area contributed by atoms with Gasteiger partial charge in [0.1, 0.15) is 11.5 Å². The van der Waals surface area contributed by atoms with Crippen molar-refractivity contribution < 1.29 is 9.15 Å². The van der Waals surface area contributed by atoms with Crippen LogP contribution in [0, 0.1) is 0 Å². The van der Waals surface area contributed by atoms with E-state index in [1.165, 1.54) is 5.56 Å². The first-order valence-electron chi connectivity index (χ1n) is 6.83. The zero-order valence-electron chi connectivity index (χ0n) is 11.9. The van der Waals surface area contributed by atoms with Gasteiger partial charge >= 0.3 is 0 Å². The van der Waals surface area contributed by atoms with Crippen molar-refractivity contribution in [2.45, 2.75) is 25.8 Å². The lowest BCUT2D eigenvalue weighted by Crippen LogP contribution is -2.24. The van der Waals surface area contributed by atoms with E-state index in [4.69, 9.17) is 9.15 Å². The first kappa shape index (κ1) is 15.1. The molecule has 1 aromatic heterocycles. The maximum absolute atomic E-state index is 5.46. The van der Waals surface area contributed by atoms with Crippen LogP contribution in [0.4, 0.5) is 0 Å². The quantitative estimate of drug-likeness (QED) is 0.816. The number of halogens is 1. The molecular weight excluding hydrogens is 318 g/mol. The fourth-order valence-corrected chi connectivity index (χ4v) is 2.71. The Labute approximate surface area is 128 Å². The Hall–Kier alpha value is -1.26. The molecule has 1 heterocycles. The Kier molecular flexibility index (Phi) is 5.68. The summed E-state index contributed by atoms with van der Waals surface area (Å²) in [7, 11) is 1.68. The third kappa shape index (κ3) is 3.87. The molecule has 2 rings (SSSR count). The first-order chi connectivity index (χ1) is 9.74. The third-order valence-electron chi connectivity index (χ3n) is 3.20. The Morgan fingerprint density at radius 1 is 1.35 bits per heavy atom. The molecule has 0 saturated heterocycles. The second-order valence-corrected chi connectivity index (χ2v) is 5.54. The van der Waals surface area contributed by atoms with E-state index in [1.807, 2.05) is 18.2 Å². The summed E-state index contributed by atoms with van der Waals surface area (Å²) < 4.78 is 11.7. The molecule has 1 atom stereocenters. The number of methoxy groups -OCH3 is 1. The molecule has 1 aromatic carbocycles. The number of rotatable bonds is 7. The molecular formula is C16H20BrNO2. The van der Waals surface area contributed by atoms with Crippen LogP contribution >= 0.6 is 15.9 Å². The van der Waals surface area contributed by atoms with Crippen LogP contribution in [0.5, 0.6) is 5.75 Å². The summed E-state index contributed by atoms with van der Waals surface area (Å²) in [5.41, 5.74) is 1.22. The first-order valence-corrected chi connectivity index (χ1v) is 7.63. The molecule has 108 valence electrons. The fraction of sp³-hybridized carbons (Fsp3) is 0.375. The van der Waals surface area contributed by atoms with Crippen LogP contribution in [0.15, 0.2) is 45.5 Å². The van der Waals surface area contributed by atoms with E-state index in [9.17, 15) is 0 Å². The molecule has 0 radical (unpaired) electrons. The Morgan fingerprint density at radius 3 is 2.80 bits per heavy atom. The third-order valence-corrected chi connectivity index (χ3v) is 3.82. The molecule has 1 N–H and O–H groups in total. The highest BCUT2D eigenvalue weighted by atomic mass is 79.9. The average Bonchev–Trinajstić information content (AvgIpc) is 2.96. The van der Waals surface area contributed by atoms with Crippen molar-refractivity contribution in [2.75, 3.05) is 13.7 Å². The Morgan fingerprint density at radius 2 is 2.20 bits per heavy atom.